The molecule has 0 amide bonds. The van der Waals surface area contributed by atoms with E-state index in [9.17, 15) is 25.5 Å². The average molecular weight is 493 g/mol. The van der Waals surface area contributed by atoms with Crippen LogP contribution in [-0.4, -0.2) is 55.0 Å². The molecular formula is C30H52O5. The first-order chi connectivity index (χ1) is 16.0. The van der Waals surface area contributed by atoms with E-state index in [0.717, 1.165) is 19.3 Å². The summed E-state index contributed by atoms with van der Waals surface area (Å²) in [7, 11) is 0. The predicted octanol–water partition coefficient (Wildman–Crippen LogP) is 4.13. The Kier molecular flexibility index (Phi) is 5.97. The van der Waals surface area contributed by atoms with Crippen LogP contribution in [-0.2, 0) is 0 Å². The maximum atomic E-state index is 12.2. The molecule has 14 atom stereocenters. The summed E-state index contributed by atoms with van der Waals surface area (Å²) < 4.78 is 0. The fourth-order valence-corrected chi connectivity index (χ4v) is 11.1. The van der Waals surface area contributed by atoms with Crippen LogP contribution in [0, 0.1) is 57.7 Å². The van der Waals surface area contributed by atoms with Crippen LogP contribution in [0.5, 0.6) is 0 Å². The smallest absolute Gasteiger partial charge is 0.0986 e. The van der Waals surface area contributed by atoms with Gasteiger partial charge in [-0.2, -0.15) is 0 Å². The number of hydrogen-bond donors (Lipinski definition) is 5. The van der Waals surface area contributed by atoms with Crippen LogP contribution in [0.25, 0.3) is 0 Å². The minimum atomic E-state index is -1.35. The Bertz CT molecular complexity index is 843. The second-order valence-corrected chi connectivity index (χ2v) is 15.2. The second-order valence-electron chi connectivity index (χ2n) is 15.2. The molecule has 5 fully saturated rings. The molecule has 0 spiro atoms. The number of fused-ring (bicyclic) bond motifs is 5. The lowest BCUT2D eigenvalue weighted by atomic mass is 9.41. The highest BCUT2D eigenvalue weighted by Gasteiger charge is 2.72. The van der Waals surface area contributed by atoms with E-state index in [-0.39, 0.29) is 40.9 Å². The van der Waals surface area contributed by atoms with Crippen LogP contribution < -0.4 is 0 Å². The van der Waals surface area contributed by atoms with Gasteiger partial charge in [0.1, 0.15) is 0 Å². The molecule has 0 aliphatic heterocycles. The van der Waals surface area contributed by atoms with Crippen LogP contribution >= 0.6 is 0 Å². The SMILES string of the molecule is CC(C)[C@H](C)[C@@]1(C)CC1[C@](C)(O)[C@H]1CC[C@H]2[C@@H]3C[C@@H](O)[C@@]4(O)C[C@@H](O)CC[C@]4(C)[C@H]3[C@H](O)C[C@@]21C. The summed E-state index contributed by atoms with van der Waals surface area (Å²) in [6, 6.07) is 0. The Hall–Kier alpha value is -0.200. The largest absolute Gasteiger partial charge is 0.393 e. The van der Waals surface area contributed by atoms with Gasteiger partial charge in [-0.3, -0.25) is 0 Å². The van der Waals surface area contributed by atoms with Gasteiger partial charge >= 0.3 is 0 Å². The molecule has 5 saturated carbocycles. The van der Waals surface area contributed by atoms with E-state index in [1.807, 2.05) is 0 Å². The number of rotatable bonds is 4. The first-order valence-corrected chi connectivity index (χ1v) is 14.5. The van der Waals surface area contributed by atoms with Crippen molar-refractivity contribution in [3.05, 3.63) is 0 Å². The topological polar surface area (TPSA) is 101 Å². The van der Waals surface area contributed by atoms with Crippen molar-refractivity contribution in [3.63, 3.8) is 0 Å². The van der Waals surface area contributed by atoms with E-state index in [4.69, 9.17) is 0 Å². The molecule has 0 heterocycles. The zero-order chi connectivity index (χ0) is 25.9. The van der Waals surface area contributed by atoms with Crippen molar-refractivity contribution in [2.75, 3.05) is 0 Å². The van der Waals surface area contributed by atoms with E-state index < -0.39 is 34.9 Å². The van der Waals surface area contributed by atoms with E-state index in [1.165, 1.54) is 0 Å². The van der Waals surface area contributed by atoms with Gasteiger partial charge in [0.25, 0.3) is 0 Å². The van der Waals surface area contributed by atoms with Crippen LogP contribution in [0.2, 0.25) is 0 Å². The van der Waals surface area contributed by atoms with Crippen LogP contribution in [0.15, 0.2) is 0 Å². The van der Waals surface area contributed by atoms with Crippen LogP contribution in [0.3, 0.4) is 0 Å². The Morgan fingerprint density at radius 2 is 1.54 bits per heavy atom. The van der Waals surface area contributed by atoms with Gasteiger partial charge in [-0.25, -0.2) is 0 Å². The lowest BCUT2D eigenvalue weighted by molar-refractivity contribution is -0.284. The van der Waals surface area contributed by atoms with Gasteiger partial charge in [0, 0.05) is 11.8 Å². The molecule has 1 unspecified atom stereocenters. The average Bonchev–Trinajstić information content (AvgIpc) is 3.33. The Morgan fingerprint density at radius 1 is 0.886 bits per heavy atom. The first-order valence-electron chi connectivity index (χ1n) is 14.5. The lowest BCUT2D eigenvalue weighted by Crippen LogP contribution is -2.71. The van der Waals surface area contributed by atoms with Crippen molar-refractivity contribution in [2.24, 2.45) is 57.7 Å². The summed E-state index contributed by atoms with van der Waals surface area (Å²) in [5, 5.41) is 57.3. The normalized spacial score (nSPS) is 58.2. The molecule has 35 heavy (non-hydrogen) atoms. The maximum absolute atomic E-state index is 12.2. The van der Waals surface area contributed by atoms with Gasteiger partial charge in [-0.1, -0.05) is 41.5 Å². The van der Waals surface area contributed by atoms with Crippen molar-refractivity contribution in [2.45, 2.75) is 129 Å². The molecule has 0 aromatic heterocycles. The van der Waals surface area contributed by atoms with E-state index >= 15 is 0 Å². The van der Waals surface area contributed by atoms with Gasteiger partial charge in [-0.05, 0) is 104 Å². The summed E-state index contributed by atoms with van der Waals surface area (Å²) in [5.74, 6) is 1.91. The van der Waals surface area contributed by atoms with E-state index in [1.54, 1.807) is 0 Å². The molecule has 0 radical (unpaired) electrons. The molecule has 5 aliphatic carbocycles. The molecular weight excluding hydrogens is 440 g/mol. The lowest BCUT2D eigenvalue weighted by Gasteiger charge is -2.66. The number of aliphatic hydroxyl groups excluding tert-OH is 3. The Balaban J connectivity index is 1.45. The summed E-state index contributed by atoms with van der Waals surface area (Å²) in [4.78, 5) is 0. The van der Waals surface area contributed by atoms with Crippen molar-refractivity contribution in [1.82, 2.24) is 0 Å². The van der Waals surface area contributed by atoms with Crippen molar-refractivity contribution >= 4 is 0 Å². The highest BCUT2D eigenvalue weighted by atomic mass is 16.3. The summed E-state index contributed by atoms with van der Waals surface area (Å²) in [6.07, 6.45) is 3.51. The maximum Gasteiger partial charge on any atom is 0.0986 e. The minimum Gasteiger partial charge on any atom is -0.393 e. The zero-order valence-corrected chi connectivity index (χ0v) is 23.2. The molecule has 5 N–H and O–H groups in total. The third-order valence-electron chi connectivity index (χ3n) is 13.5. The molecule has 5 aliphatic rings. The number of hydrogen-bond acceptors (Lipinski definition) is 5. The summed E-state index contributed by atoms with van der Waals surface area (Å²) >= 11 is 0. The van der Waals surface area contributed by atoms with Crippen molar-refractivity contribution < 1.29 is 25.5 Å². The highest BCUT2D eigenvalue weighted by Crippen LogP contribution is 2.73. The minimum absolute atomic E-state index is 0.0858. The van der Waals surface area contributed by atoms with Gasteiger partial charge in [0.15, 0.2) is 0 Å². The molecule has 5 nitrogen and oxygen atoms in total. The number of aliphatic hydroxyl groups is 5. The fourth-order valence-electron chi connectivity index (χ4n) is 11.1. The first kappa shape index (κ1) is 26.4. The predicted molar refractivity (Wildman–Crippen MR) is 136 cm³/mol. The Labute approximate surface area is 212 Å². The molecule has 0 saturated heterocycles. The quantitative estimate of drug-likeness (QED) is 0.406. The van der Waals surface area contributed by atoms with Gasteiger partial charge in [-0.15, -0.1) is 0 Å². The van der Waals surface area contributed by atoms with Crippen LogP contribution in [0.1, 0.15) is 99.8 Å². The van der Waals surface area contributed by atoms with Crippen LogP contribution in [0.4, 0.5) is 0 Å². The van der Waals surface area contributed by atoms with Crippen molar-refractivity contribution in [1.29, 1.82) is 0 Å². The molecule has 0 aromatic rings. The summed E-state index contributed by atoms with van der Waals surface area (Å²) in [5.41, 5.74) is -2.77. The van der Waals surface area contributed by atoms with E-state index in [2.05, 4.69) is 48.5 Å². The van der Waals surface area contributed by atoms with Gasteiger partial charge in [0.2, 0.25) is 0 Å². The molecule has 5 heteroatoms. The third kappa shape index (κ3) is 3.36. The van der Waals surface area contributed by atoms with Gasteiger partial charge in [0.05, 0.1) is 29.5 Å². The van der Waals surface area contributed by atoms with E-state index in [0.29, 0.717) is 43.4 Å². The molecule has 0 bridgehead atoms. The summed E-state index contributed by atoms with van der Waals surface area (Å²) in [6.45, 7) is 15.7. The van der Waals surface area contributed by atoms with Gasteiger partial charge < -0.3 is 25.5 Å². The molecule has 202 valence electrons. The fraction of sp³-hybridized carbons (Fsp3) is 1.00. The Morgan fingerprint density at radius 3 is 2.17 bits per heavy atom. The standard InChI is InChI=1S/C30H52O5/c1-16(2)17(3)26(4)15-23(26)29(7,34)22-9-8-20-19-12-24(33)30(35)13-18(31)10-11-28(30,6)25(19)21(32)14-27(20,22)5/h16-25,31-35H,8-15H2,1-7H3/t17-,18-,19-,20-,21+,22-,23?,24+,25+,26+,27-,28+,29+,30-/m0/s1. The van der Waals surface area contributed by atoms with Crippen molar-refractivity contribution in [3.8, 4) is 0 Å². The highest BCUT2D eigenvalue weighted by molar-refractivity contribution is 5.21. The monoisotopic (exact) mass is 492 g/mol. The second kappa shape index (κ2) is 7.91. The zero-order valence-electron chi connectivity index (χ0n) is 23.2. The molecule has 0 aromatic carbocycles. The molecule has 5 rings (SSSR count). The third-order valence-corrected chi connectivity index (χ3v) is 13.5.